The van der Waals surface area contributed by atoms with Crippen LogP contribution in [0.15, 0.2) is 23.0 Å². The third kappa shape index (κ3) is 2.86. The van der Waals surface area contributed by atoms with Crippen molar-refractivity contribution in [3.63, 3.8) is 0 Å². The fourth-order valence-electron chi connectivity index (χ4n) is 2.75. The first-order valence-corrected chi connectivity index (χ1v) is 8.44. The second-order valence-corrected chi connectivity index (χ2v) is 7.03. The van der Waals surface area contributed by atoms with Gasteiger partial charge in [-0.25, -0.2) is 4.68 Å². The minimum Gasteiger partial charge on any atom is -0.232 e. The van der Waals surface area contributed by atoms with Crippen LogP contribution in [0, 0.1) is 17.2 Å². The first-order chi connectivity index (χ1) is 10.1. The van der Waals surface area contributed by atoms with Gasteiger partial charge in [0.25, 0.3) is 0 Å². The maximum Gasteiger partial charge on any atom is 0.150 e. The average Bonchev–Trinajstić information content (AvgIpc) is 2.90. The maximum atomic E-state index is 9.26. The molecular formula is C16H20N4S. The molecule has 1 atom stereocenters. The number of aryl methyl sites for hydroxylation is 1. The lowest BCUT2D eigenvalue weighted by atomic mass is 9.88. The summed E-state index contributed by atoms with van der Waals surface area (Å²) in [6.45, 7) is 4.46. The number of aromatic nitrogens is 3. The number of nitrogens with zero attached hydrogens (tertiary/aromatic N) is 4. The Morgan fingerprint density at radius 3 is 2.86 bits per heavy atom. The van der Waals surface area contributed by atoms with Crippen molar-refractivity contribution < 1.29 is 0 Å². The first-order valence-electron chi connectivity index (χ1n) is 7.50. The van der Waals surface area contributed by atoms with E-state index >= 15 is 0 Å². The molecule has 0 amide bonds. The Bertz CT molecular complexity index is 632. The molecule has 110 valence electrons. The Hall–Kier alpha value is -1.67. The van der Waals surface area contributed by atoms with E-state index in [0.717, 1.165) is 31.4 Å². The SMILES string of the molecule is CC(C)[C@H](CCc1ccsc1)c1cn(C2(C#N)CC2)nn1. The van der Waals surface area contributed by atoms with Crippen LogP contribution in [0.4, 0.5) is 0 Å². The summed E-state index contributed by atoms with van der Waals surface area (Å²) in [7, 11) is 0. The third-order valence-electron chi connectivity index (χ3n) is 4.39. The summed E-state index contributed by atoms with van der Waals surface area (Å²) in [5.41, 5.74) is 2.02. The normalized spacial score (nSPS) is 17.6. The molecule has 21 heavy (non-hydrogen) atoms. The number of hydrogen-bond acceptors (Lipinski definition) is 4. The van der Waals surface area contributed by atoms with Gasteiger partial charge < -0.3 is 0 Å². The first kappa shape index (κ1) is 14.3. The summed E-state index contributed by atoms with van der Waals surface area (Å²) in [4.78, 5) is 0. The van der Waals surface area contributed by atoms with Crippen LogP contribution in [0.5, 0.6) is 0 Å². The molecule has 1 aliphatic carbocycles. The van der Waals surface area contributed by atoms with E-state index in [4.69, 9.17) is 0 Å². The summed E-state index contributed by atoms with van der Waals surface area (Å²) in [6, 6.07) is 4.55. The van der Waals surface area contributed by atoms with E-state index in [9.17, 15) is 5.26 Å². The number of thiophene rings is 1. The molecule has 2 aromatic rings. The Morgan fingerprint density at radius 2 is 2.29 bits per heavy atom. The standard InChI is InChI=1S/C16H20N4S/c1-12(2)14(4-3-13-5-8-21-10-13)15-9-20(19-18-15)16(11-17)6-7-16/h5,8-10,12,14H,3-4,6-7H2,1-2H3/t14-/m0/s1. The lowest BCUT2D eigenvalue weighted by Crippen LogP contribution is -2.15. The molecular weight excluding hydrogens is 280 g/mol. The lowest BCUT2D eigenvalue weighted by Gasteiger charge is -2.18. The molecule has 0 spiro atoms. The zero-order chi connectivity index (χ0) is 14.9. The molecule has 0 saturated heterocycles. The molecule has 0 N–H and O–H groups in total. The highest BCUT2D eigenvalue weighted by Crippen LogP contribution is 2.42. The van der Waals surface area contributed by atoms with Crippen molar-refractivity contribution in [2.24, 2.45) is 5.92 Å². The molecule has 5 heteroatoms. The lowest BCUT2D eigenvalue weighted by molar-refractivity contribution is 0.458. The van der Waals surface area contributed by atoms with Gasteiger partial charge in [-0.15, -0.1) is 5.10 Å². The van der Waals surface area contributed by atoms with Crippen LogP contribution in [-0.4, -0.2) is 15.0 Å². The predicted octanol–water partition coefficient (Wildman–Crippen LogP) is 3.72. The zero-order valence-corrected chi connectivity index (χ0v) is 13.3. The average molecular weight is 300 g/mol. The van der Waals surface area contributed by atoms with Gasteiger partial charge in [0, 0.05) is 5.92 Å². The smallest absolute Gasteiger partial charge is 0.150 e. The van der Waals surface area contributed by atoms with Crippen molar-refractivity contribution in [1.82, 2.24) is 15.0 Å². The Labute approximate surface area is 129 Å². The van der Waals surface area contributed by atoms with Gasteiger partial charge in [-0.05, 0) is 54.0 Å². The highest BCUT2D eigenvalue weighted by Gasteiger charge is 2.46. The van der Waals surface area contributed by atoms with E-state index < -0.39 is 5.54 Å². The molecule has 2 aromatic heterocycles. The molecule has 0 unspecified atom stereocenters. The van der Waals surface area contributed by atoms with Crippen LogP contribution in [0.2, 0.25) is 0 Å². The van der Waals surface area contributed by atoms with Gasteiger partial charge in [-0.2, -0.15) is 16.6 Å². The fraction of sp³-hybridized carbons (Fsp3) is 0.562. The summed E-state index contributed by atoms with van der Waals surface area (Å²) in [6.07, 6.45) is 5.94. The largest absolute Gasteiger partial charge is 0.232 e. The molecule has 0 bridgehead atoms. The maximum absolute atomic E-state index is 9.26. The Morgan fingerprint density at radius 1 is 1.48 bits per heavy atom. The second-order valence-electron chi connectivity index (χ2n) is 6.25. The van der Waals surface area contributed by atoms with Crippen LogP contribution >= 0.6 is 11.3 Å². The topological polar surface area (TPSA) is 54.5 Å². The molecule has 1 aliphatic rings. The van der Waals surface area contributed by atoms with Crippen LogP contribution in [-0.2, 0) is 12.0 Å². The molecule has 0 aliphatic heterocycles. The summed E-state index contributed by atoms with van der Waals surface area (Å²) in [5, 5.41) is 22.2. The number of nitriles is 1. The fourth-order valence-corrected chi connectivity index (χ4v) is 3.45. The third-order valence-corrected chi connectivity index (χ3v) is 5.12. The van der Waals surface area contributed by atoms with Crippen LogP contribution in [0.1, 0.15) is 50.3 Å². The molecule has 0 radical (unpaired) electrons. The second kappa shape index (κ2) is 5.61. The summed E-state index contributed by atoms with van der Waals surface area (Å²) >= 11 is 1.75. The number of hydrogen-bond donors (Lipinski definition) is 0. The minimum absolute atomic E-state index is 0.396. The summed E-state index contributed by atoms with van der Waals surface area (Å²) < 4.78 is 1.78. The zero-order valence-electron chi connectivity index (χ0n) is 12.5. The van der Waals surface area contributed by atoms with Gasteiger partial charge in [0.2, 0.25) is 0 Å². The molecule has 2 heterocycles. The van der Waals surface area contributed by atoms with Crippen LogP contribution in [0.25, 0.3) is 0 Å². The highest BCUT2D eigenvalue weighted by molar-refractivity contribution is 7.07. The quantitative estimate of drug-likeness (QED) is 0.817. The van der Waals surface area contributed by atoms with Crippen molar-refractivity contribution in [2.45, 2.75) is 51.0 Å². The number of rotatable bonds is 6. The molecule has 1 fully saturated rings. The van der Waals surface area contributed by atoms with Gasteiger partial charge in [0.1, 0.15) is 0 Å². The van der Waals surface area contributed by atoms with Crippen molar-refractivity contribution in [1.29, 1.82) is 5.26 Å². The van der Waals surface area contributed by atoms with Crippen molar-refractivity contribution >= 4 is 11.3 Å². The van der Waals surface area contributed by atoms with E-state index in [1.165, 1.54) is 5.56 Å². The van der Waals surface area contributed by atoms with Crippen molar-refractivity contribution in [3.8, 4) is 6.07 Å². The highest BCUT2D eigenvalue weighted by atomic mass is 32.1. The van der Waals surface area contributed by atoms with E-state index in [1.807, 2.05) is 6.20 Å². The van der Waals surface area contributed by atoms with Crippen molar-refractivity contribution in [3.05, 3.63) is 34.3 Å². The monoisotopic (exact) mass is 300 g/mol. The van der Waals surface area contributed by atoms with Gasteiger partial charge in [-0.1, -0.05) is 19.1 Å². The predicted molar refractivity (Wildman–Crippen MR) is 83.1 cm³/mol. The molecule has 3 rings (SSSR count). The van der Waals surface area contributed by atoms with Gasteiger partial charge in [0.15, 0.2) is 5.54 Å². The molecule has 4 nitrogen and oxygen atoms in total. The molecule has 1 saturated carbocycles. The molecule has 0 aromatic carbocycles. The Balaban J connectivity index is 1.74. The van der Waals surface area contributed by atoms with Gasteiger partial charge >= 0.3 is 0 Å². The van der Waals surface area contributed by atoms with E-state index in [0.29, 0.717) is 11.8 Å². The van der Waals surface area contributed by atoms with Gasteiger partial charge in [-0.3, -0.25) is 0 Å². The summed E-state index contributed by atoms with van der Waals surface area (Å²) in [5.74, 6) is 0.916. The minimum atomic E-state index is -0.403. The van der Waals surface area contributed by atoms with E-state index in [2.05, 4.69) is 47.1 Å². The Kier molecular flexibility index (Phi) is 3.81. The van der Waals surface area contributed by atoms with E-state index in [-0.39, 0.29) is 0 Å². The van der Waals surface area contributed by atoms with Gasteiger partial charge in [0.05, 0.1) is 18.0 Å². The van der Waals surface area contributed by atoms with E-state index in [1.54, 1.807) is 16.0 Å². The van der Waals surface area contributed by atoms with Crippen LogP contribution < -0.4 is 0 Å². The van der Waals surface area contributed by atoms with Crippen LogP contribution in [0.3, 0.4) is 0 Å². The van der Waals surface area contributed by atoms with Crippen molar-refractivity contribution in [2.75, 3.05) is 0 Å².